The highest BCUT2D eigenvalue weighted by Gasteiger charge is 2.07. The summed E-state index contributed by atoms with van der Waals surface area (Å²) in [4.78, 5) is 1.19. The van der Waals surface area contributed by atoms with E-state index in [1.54, 1.807) is 17.8 Å². The lowest BCUT2D eigenvalue weighted by Crippen LogP contribution is -1.94. The van der Waals surface area contributed by atoms with Gasteiger partial charge in [-0.2, -0.15) is 5.26 Å². The molecule has 29 heavy (non-hydrogen) atoms. The fraction of sp³-hybridized carbons (Fsp3) is 0.0385. The van der Waals surface area contributed by atoms with Crippen molar-refractivity contribution >= 4 is 28.7 Å². The van der Waals surface area contributed by atoms with Crippen LogP contribution < -0.4 is 5.32 Å². The minimum atomic E-state index is 0.662. The summed E-state index contributed by atoms with van der Waals surface area (Å²) >= 11 is 1.71. The number of nitriles is 1. The van der Waals surface area contributed by atoms with Crippen molar-refractivity contribution in [1.29, 1.82) is 5.26 Å². The first-order chi connectivity index (χ1) is 14.2. The lowest BCUT2D eigenvalue weighted by molar-refractivity contribution is 1.39. The highest BCUT2D eigenvalue weighted by molar-refractivity contribution is 7.98. The Bertz CT molecular complexity index is 1100. The van der Waals surface area contributed by atoms with Crippen molar-refractivity contribution in [3.05, 3.63) is 109 Å². The molecular formula is C26H22N2S. The van der Waals surface area contributed by atoms with Crippen LogP contribution in [-0.2, 0) is 0 Å². The first-order valence-electron chi connectivity index (χ1n) is 9.19. The summed E-state index contributed by atoms with van der Waals surface area (Å²) in [5.74, 6) is 0. The molecule has 0 atom stereocenters. The highest BCUT2D eigenvalue weighted by atomic mass is 32.2. The van der Waals surface area contributed by atoms with E-state index in [4.69, 9.17) is 5.26 Å². The molecule has 0 aliphatic heterocycles. The van der Waals surface area contributed by atoms with Gasteiger partial charge in [0.15, 0.2) is 0 Å². The van der Waals surface area contributed by atoms with Crippen molar-refractivity contribution in [3.63, 3.8) is 0 Å². The molecule has 0 unspecified atom stereocenters. The van der Waals surface area contributed by atoms with E-state index in [1.807, 2.05) is 48.6 Å². The number of nitrogens with one attached hydrogen (secondary N) is 1. The third-order valence-corrected chi connectivity index (χ3v) is 5.32. The summed E-state index contributed by atoms with van der Waals surface area (Å²) in [6, 6.07) is 24.4. The fourth-order valence-corrected chi connectivity index (χ4v) is 3.69. The van der Waals surface area contributed by atoms with Gasteiger partial charge in [0, 0.05) is 16.3 Å². The van der Waals surface area contributed by atoms with Crippen molar-refractivity contribution in [3.8, 4) is 17.2 Å². The third-order valence-electron chi connectivity index (χ3n) is 4.53. The molecule has 0 saturated carbocycles. The first kappa shape index (κ1) is 20.3. The van der Waals surface area contributed by atoms with Gasteiger partial charge in [0.05, 0.1) is 11.6 Å². The van der Waals surface area contributed by atoms with E-state index < -0.39 is 0 Å². The molecule has 142 valence electrons. The molecule has 2 nitrogen and oxygen atoms in total. The third kappa shape index (κ3) is 4.87. The van der Waals surface area contributed by atoms with Gasteiger partial charge in [-0.25, -0.2) is 0 Å². The predicted octanol–water partition coefficient (Wildman–Crippen LogP) is 7.45. The molecule has 0 bridgehead atoms. The van der Waals surface area contributed by atoms with Gasteiger partial charge in [0.2, 0.25) is 0 Å². The standard InChI is InChI=1S/C26H22N2S/c1-4-7-20(5-2)25-17-24(14-15-26(25)29-3)28-23-9-6-8-22(16-23)21-12-10-19(18-27)11-13-21/h4-17,28H,1-2H2,3H3/b20-7+. The number of anilines is 2. The zero-order valence-electron chi connectivity index (χ0n) is 16.4. The number of rotatable bonds is 7. The number of hydrogen-bond donors (Lipinski definition) is 1. The van der Waals surface area contributed by atoms with Gasteiger partial charge in [0.25, 0.3) is 0 Å². The zero-order valence-corrected chi connectivity index (χ0v) is 17.2. The second-order valence-electron chi connectivity index (χ2n) is 6.37. The summed E-state index contributed by atoms with van der Waals surface area (Å²) in [7, 11) is 0. The van der Waals surface area contributed by atoms with Crippen LogP contribution in [0.4, 0.5) is 11.4 Å². The molecule has 0 spiro atoms. The van der Waals surface area contributed by atoms with Gasteiger partial charge < -0.3 is 5.32 Å². The number of allylic oxidation sites excluding steroid dienone is 4. The Morgan fingerprint density at radius 1 is 0.966 bits per heavy atom. The minimum absolute atomic E-state index is 0.662. The van der Waals surface area contributed by atoms with Crippen molar-refractivity contribution in [2.24, 2.45) is 0 Å². The van der Waals surface area contributed by atoms with E-state index in [1.165, 1.54) is 4.90 Å². The van der Waals surface area contributed by atoms with E-state index in [0.717, 1.165) is 33.6 Å². The van der Waals surface area contributed by atoms with Gasteiger partial charge in [-0.15, -0.1) is 11.8 Å². The maximum atomic E-state index is 8.98. The van der Waals surface area contributed by atoms with Crippen LogP contribution in [0, 0.1) is 11.3 Å². The monoisotopic (exact) mass is 394 g/mol. The number of hydrogen-bond acceptors (Lipinski definition) is 3. The Morgan fingerprint density at radius 3 is 2.38 bits per heavy atom. The van der Waals surface area contributed by atoms with Crippen LogP contribution in [0.2, 0.25) is 0 Å². The summed E-state index contributed by atoms with van der Waals surface area (Å²) in [6.07, 6.45) is 7.67. The Morgan fingerprint density at radius 2 is 1.72 bits per heavy atom. The molecule has 0 amide bonds. The summed E-state index contributed by atoms with van der Waals surface area (Å²) in [6.45, 7) is 7.74. The molecule has 3 aromatic carbocycles. The number of nitrogens with zero attached hydrogens (tertiary/aromatic N) is 1. The fourth-order valence-electron chi connectivity index (χ4n) is 3.09. The molecule has 3 rings (SSSR count). The van der Waals surface area contributed by atoms with Crippen molar-refractivity contribution < 1.29 is 0 Å². The SMILES string of the molecule is C=C/C=C(\C=C)c1cc(Nc2cccc(-c3ccc(C#N)cc3)c2)ccc1SC. The summed E-state index contributed by atoms with van der Waals surface area (Å²) < 4.78 is 0. The van der Waals surface area contributed by atoms with E-state index in [0.29, 0.717) is 5.56 Å². The van der Waals surface area contributed by atoms with E-state index in [2.05, 4.69) is 61.1 Å². The van der Waals surface area contributed by atoms with Gasteiger partial charge in [-0.1, -0.05) is 55.7 Å². The van der Waals surface area contributed by atoms with Gasteiger partial charge in [0.1, 0.15) is 0 Å². The Kier molecular flexibility index (Phi) is 6.73. The molecule has 1 N–H and O–H groups in total. The van der Waals surface area contributed by atoms with Crippen LogP contribution in [0.15, 0.2) is 103 Å². The molecular weight excluding hydrogens is 372 g/mol. The van der Waals surface area contributed by atoms with Crippen LogP contribution in [0.5, 0.6) is 0 Å². The lowest BCUT2D eigenvalue weighted by Gasteiger charge is -2.13. The van der Waals surface area contributed by atoms with E-state index >= 15 is 0 Å². The largest absolute Gasteiger partial charge is 0.355 e. The lowest BCUT2D eigenvalue weighted by atomic mass is 10.0. The Labute approximate surface area is 176 Å². The summed E-state index contributed by atoms with van der Waals surface area (Å²) in [5.41, 5.74) is 7.01. The topological polar surface area (TPSA) is 35.8 Å². The van der Waals surface area contributed by atoms with Crippen LogP contribution in [0.1, 0.15) is 11.1 Å². The molecule has 0 heterocycles. The average Bonchev–Trinajstić information content (AvgIpc) is 2.77. The smallest absolute Gasteiger partial charge is 0.0991 e. The van der Waals surface area contributed by atoms with Gasteiger partial charge >= 0.3 is 0 Å². The molecule has 3 heteroatoms. The van der Waals surface area contributed by atoms with Crippen LogP contribution in [0.25, 0.3) is 16.7 Å². The molecule has 0 saturated heterocycles. The van der Waals surface area contributed by atoms with E-state index in [-0.39, 0.29) is 0 Å². The molecule has 0 aromatic heterocycles. The van der Waals surface area contributed by atoms with E-state index in [9.17, 15) is 0 Å². The first-order valence-corrected chi connectivity index (χ1v) is 10.4. The second-order valence-corrected chi connectivity index (χ2v) is 7.22. The molecule has 0 radical (unpaired) electrons. The van der Waals surface area contributed by atoms with Crippen molar-refractivity contribution in [2.45, 2.75) is 4.90 Å². The molecule has 0 fully saturated rings. The minimum Gasteiger partial charge on any atom is -0.355 e. The average molecular weight is 395 g/mol. The van der Waals surface area contributed by atoms with Crippen molar-refractivity contribution in [2.75, 3.05) is 11.6 Å². The normalized spacial score (nSPS) is 10.8. The van der Waals surface area contributed by atoms with Gasteiger partial charge in [-0.05, 0) is 71.0 Å². The number of benzene rings is 3. The maximum absolute atomic E-state index is 8.98. The number of thioether (sulfide) groups is 1. The molecule has 0 aliphatic carbocycles. The Balaban J connectivity index is 1.92. The predicted molar refractivity (Wildman–Crippen MR) is 126 cm³/mol. The highest BCUT2D eigenvalue weighted by Crippen LogP contribution is 2.32. The Hall–Kier alpha value is -3.48. The summed E-state index contributed by atoms with van der Waals surface area (Å²) in [5, 5.41) is 12.5. The second kappa shape index (κ2) is 9.64. The maximum Gasteiger partial charge on any atom is 0.0991 e. The van der Waals surface area contributed by atoms with Gasteiger partial charge in [-0.3, -0.25) is 0 Å². The zero-order chi connectivity index (χ0) is 20.6. The van der Waals surface area contributed by atoms with Crippen molar-refractivity contribution in [1.82, 2.24) is 0 Å². The van der Waals surface area contributed by atoms with Crippen LogP contribution in [0.3, 0.4) is 0 Å². The quantitative estimate of drug-likeness (QED) is 0.334. The van der Waals surface area contributed by atoms with Crippen LogP contribution in [-0.4, -0.2) is 6.26 Å². The van der Waals surface area contributed by atoms with Crippen LogP contribution >= 0.6 is 11.8 Å². The molecule has 0 aliphatic rings. The molecule has 3 aromatic rings.